The van der Waals surface area contributed by atoms with Crippen molar-refractivity contribution in [2.75, 3.05) is 13.7 Å². The van der Waals surface area contributed by atoms with E-state index in [0.717, 1.165) is 30.5 Å². The Kier molecular flexibility index (Phi) is 4.17. The van der Waals surface area contributed by atoms with Gasteiger partial charge >= 0.3 is 0 Å². The largest absolute Gasteiger partial charge is 0.496 e. The molecule has 0 radical (unpaired) electrons. The highest BCUT2D eigenvalue weighted by Crippen LogP contribution is 2.36. The summed E-state index contributed by atoms with van der Waals surface area (Å²) in [4.78, 5) is 6.49. The Bertz CT molecular complexity index is 618. The maximum Gasteiger partial charge on any atom is 0.167 e. The monoisotopic (exact) mass is 310 g/mol. The average Bonchev–Trinajstić information content (AvgIpc) is 3.15. The molecule has 1 aliphatic rings. The van der Waals surface area contributed by atoms with Crippen LogP contribution < -0.4 is 4.74 Å². The van der Waals surface area contributed by atoms with Gasteiger partial charge in [0.2, 0.25) is 0 Å². The van der Waals surface area contributed by atoms with E-state index in [4.69, 9.17) is 4.74 Å². The van der Waals surface area contributed by atoms with Gasteiger partial charge in [0.25, 0.3) is 0 Å². The highest BCUT2D eigenvalue weighted by molar-refractivity contribution is 7.09. The van der Waals surface area contributed by atoms with E-state index in [2.05, 4.69) is 9.88 Å². The maximum atomic E-state index is 14.1. The van der Waals surface area contributed by atoms with E-state index in [0.29, 0.717) is 12.3 Å². The average molecular weight is 310 g/mol. The molecule has 21 heavy (non-hydrogen) atoms. The Morgan fingerprint density at radius 1 is 1.43 bits per heavy atom. The zero-order chi connectivity index (χ0) is 14.8. The van der Waals surface area contributed by atoms with Crippen molar-refractivity contribution in [1.29, 1.82) is 0 Å². The lowest BCUT2D eigenvalue weighted by Gasteiger charge is -2.24. The van der Waals surface area contributed by atoms with Crippen LogP contribution in [0, 0.1) is 11.6 Å². The van der Waals surface area contributed by atoms with E-state index < -0.39 is 11.6 Å². The lowest BCUT2D eigenvalue weighted by Crippen LogP contribution is -2.23. The van der Waals surface area contributed by atoms with Crippen molar-refractivity contribution in [3.05, 3.63) is 45.9 Å². The molecule has 6 heteroatoms. The van der Waals surface area contributed by atoms with Gasteiger partial charge in [0.05, 0.1) is 13.2 Å². The number of ether oxygens (including phenoxy) is 1. The molecule has 1 aromatic carbocycles. The lowest BCUT2D eigenvalue weighted by molar-refractivity contribution is 0.239. The molecule has 0 spiro atoms. The lowest BCUT2D eigenvalue weighted by atomic mass is 10.1. The minimum absolute atomic E-state index is 0.178. The van der Waals surface area contributed by atoms with Gasteiger partial charge in [-0.2, -0.15) is 0 Å². The summed E-state index contributed by atoms with van der Waals surface area (Å²) in [5, 5.41) is 2.97. The predicted octanol–water partition coefficient (Wildman–Crippen LogP) is 3.77. The summed E-state index contributed by atoms with van der Waals surface area (Å²) < 4.78 is 32.7. The third kappa shape index (κ3) is 2.78. The number of likely N-dealkylation sites (tertiary alicyclic amines) is 1. The first-order chi connectivity index (χ1) is 10.2. The SMILES string of the molecule is COc1ccc(F)c(F)c1CN1CCCC1c1nccs1. The number of hydrogen-bond donors (Lipinski definition) is 0. The second kappa shape index (κ2) is 6.07. The molecular weight excluding hydrogens is 294 g/mol. The molecule has 3 nitrogen and oxygen atoms in total. The van der Waals surface area contributed by atoms with Gasteiger partial charge in [-0.25, -0.2) is 13.8 Å². The summed E-state index contributed by atoms with van der Waals surface area (Å²) >= 11 is 1.60. The summed E-state index contributed by atoms with van der Waals surface area (Å²) in [5.74, 6) is -1.27. The van der Waals surface area contributed by atoms with E-state index in [9.17, 15) is 8.78 Å². The number of benzene rings is 1. The van der Waals surface area contributed by atoms with Crippen LogP contribution in [0.2, 0.25) is 0 Å². The second-order valence-electron chi connectivity index (χ2n) is 5.04. The van der Waals surface area contributed by atoms with Crippen molar-refractivity contribution in [2.45, 2.75) is 25.4 Å². The van der Waals surface area contributed by atoms with Crippen LogP contribution in [-0.2, 0) is 6.54 Å². The summed E-state index contributed by atoms with van der Waals surface area (Å²) in [7, 11) is 1.47. The molecule has 2 heterocycles. The highest BCUT2D eigenvalue weighted by atomic mass is 32.1. The highest BCUT2D eigenvalue weighted by Gasteiger charge is 2.29. The van der Waals surface area contributed by atoms with Crippen molar-refractivity contribution < 1.29 is 13.5 Å². The van der Waals surface area contributed by atoms with Crippen LogP contribution in [0.15, 0.2) is 23.7 Å². The molecule has 0 N–H and O–H groups in total. The third-order valence-electron chi connectivity index (χ3n) is 3.83. The summed E-state index contributed by atoms with van der Waals surface area (Å²) in [6, 6.07) is 2.75. The third-order valence-corrected chi connectivity index (χ3v) is 4.71. The molecule has 1 unspecified atom stereocenters. The Morgan fingerprint density at radius 2 is 2.29 bits per heavy atom. The normalized spacial score (nSPS) is 19.1. The van der Waals surface area contributed by atoms with E-state index in [1.807, 2.05) is 5.38 Å². The number of nitrogens with zero attached hydrogens (tertiary/aromatic N) is 2. The molecule has 112 valence electrons. The molecule has 1 atom stereocenters. The molecule has 1 aromatic heterocycles. The molecule has 1 fully saturated rings. The second-order valence-corrected chi connectivity index (χ2v) is 5.97. The number of hydrogen-bond acceptors (Lipinski definition) is 4. The van der Waals surface area contributed by atoms with Crippen LogP contribution in [0.1, 0.15) is 29.5 Å². The van der Waals surface area contributed by atoms with Crippen LogP contribution in [0.4, 0.5) is 8.78 Å². The van der Waals surface area contributed by atoms with Crippen LogP contribution in [0.3, 0.4) is 0 Å². The summed E-state index contributed by atoms with van der Waals surface area (Å²) in [6.07, 6.45) is 3.80. The zero-order valence-electron chi connectivity index (χ0n) is 11.7. The minimum atomic E-state index is -0.837. The van der Waals surface area contributed by atoms with Gasteiger partial charge in [-0.15, -0.1) is 11.3 Å². The van der Waals surface area contributed by atoms with Crippen LogP contribution in [-0.4, -0.2) is 23.5 Å². The predicted molar refractivity (Wildman–Crippen MR) is 77.4 cm³/mol. The quantitative estimate of drug-likeness (QED) is 0.859. The first-order valence-corrected chi connectivity index (χ1v) is 7.73. The molecule has 3 rings (SSSR count). The maximum absolute atomic E-state index is 14.1. The number of rotatable bonds is 4. The van der Waals surface area contributed by atoms with Gasteiger partial charge in [0.15, 0.2) is 11.6 Å². The van der Waals surface area contributed by atoms with Gasteiger partial charge in [0, 0.05) is 23.7 Å². The summed E-state index contributed by atoms with van der Waals surface area (Å²) in [5.41, 5.74) is 0.279. The fourth-order valence-corrected chi connectivity index (χ4v) is 3.62. The van der Waals surface area contributed by atoms with Crippen molar-refractivity contribution in [3.63, 3.8) is 0 Å². The molecule has 0 aliphatic carbocycles. The van der Waals surface area contributed by atoms with E-state index in [1.165, 1.54) is 13.2 Å². The smallest absolute Gasteiger partial charge is 0.167 e. The first-order valence-electron chi connectivity index (χ1n) is 6.85. The number of thiazole rings is 1. The molecule has 0 bridgehead atoms. The number of aromatic nitrogens is 1. The molecular formula is C15H16F2N2OS. The molecule has 0 saturated carbocycles. The number of halogens is 2. The van der Waals surface area contributed by atoms with Crippen molar-refractivity contribution in [3.8, 4) is 5.75 Å². The summed E-state index contributed by atoms with van der Waals surface area (Å²) in [6.45, 7) is 1.18. The standard InChI is InChI=1S/C15H16F2N2OS/c1-20-13-5-4-11(16)14(17)10(13)9-19-7-2-3-12(19)15-18-6-8-21-15/h4-6,8,12H,2-3,7,9H2,1H3. The molecule has 0 amide bonds. The molecule has 2 aromatic rings. The molecule has 1 saturated heterocycles. The van der Waals surface area contributed by atoms with Gasteiger partial charge in [-0.1, -0.05) is 0 Å². The fourth-order valence-electron chi connectivity index (χ4n) is 2.81. The van der Waals surface area contributed by atoms with Crippen molar-refractivity contribution >= 4 is 11.3 Å². The number of methoxy groups -OCH3 is 1. The van der Waals surface area contributed by atoms with Gasteiger partial charge in [-0.05, 0) is 31.5 Å². The van der Waals surface area contributed by atoms with E-state index in [-0.39, 0.29) is 11.6 Å². The zero-order valence-corrected chi connectivity index (χ0v) is 12.5. The molecule has 1 aliphatic heterocycles. The van der Waals surface area contributed by atoms with E-state index >= 15 is 0 Å². The van der Waals surface area contributed by atoms with E-state index in [1.54, 1.807) is 17.5 Å². The van der Waals surface area contributed by atoms with Crippen molar-refractivity contribution in [2.24, 2.45) is 0 Å². The van der Waals surface area contributed by atoms with Crippen LogP contribution in [0.25, 0.3) is 0 Å². The van der Waals surface area contributed by atoms with Crippen molar-refractivity contribution in [1.82, 2.24) is 9.88 Å². The minimum Gasteiger partial charge on any atom is -0.496 e. The Morgan fingerprint density at radius 3 is 3.00 bits per heavy atom. The van der Waals surface area contributed by atoms with Gasteiger partial charge in [0.1, 0.15) is 10.8 Å². The Labute approximate surface area is 126 Å². The van der Waals surface area contributed by atoms with Gasteiger partial charge < -0.3 is 4.74 Å². The Balaban J connectivity index is 1.88. The van der Waals surface area contributed by atoms with Crippen LogP contribution in [0.5, 0.6) is 5.75 Å². The Hall–Kier alpha value is -1.53. The fraction of sp³-hybridized carbons (Fsp3) is 0.400. The van der Waals surface area contributed by atoms with Crippen LogP contribution >= 0.6 is 11.3 Å². The van der Waals surface area contributed by atoms with Gasteiger partial charge in [-0.3, -0.25) is 4.90 Å². The topological polar surface area (TPSA) is 25.4 Å². The first kappa shape index (κ1) is 14.4.